The molecule has 14 heteroatoms. The molecule has 0 spiro atoms. The average molecular weight is 814 g/mol. The molecule has 3 rings (SSSR count). The monoisotopic (exact) mass is 813 g/mol. The smallest absolute Gasteiger partial charge is 0.407 e. The molecule has 55 heavy (non-hydrogen) atoms. The number of ether oxygens (including phenoxy) is 7. The number of carbonyl (C=O) groups excluding carboxylic acids is 4. The van der Waals surface area contributed by atoms with Gasteiger partial charge in [0.15, 0.2) is 0 Å². The van der Waals surface area contributed by atoms with Gasteiger partial charge < -0.3 is 38.5 Å². The molecule has 1 fully saturated rings. The van der Waals surface area contributed by atoms with Crippen molar-refractivity contribution in [2.75, 3.05) is 58.5 Å². The molecule has 0 aromatic heterocycles. The van der Waals surface area contributed by atoms with Crippen LogP contribution in [0, 0.1) is 29.6 Å². The summed E-state index contributed by atoms with van der Waals surface area (Å²) in [6.45, 7) is 10.8. The average Bonchev–Trinajstić information content (AvgIpc) is 3.14. The Kier molecular flexibility index (Phi) is 22.8. The van der Waals surface area contributed by atoms with Crippen LogP contribution in [0.3, 0.4) is 0 Å². The summed E-state index contributed by atoms with van der Waals surface area (Å²) in [5.41, 5.74) is 1.22. The van der Waals surface area contributed by atoms with Gasteiger partial charge in [0.05, 0.1) is 52.0 Å². The molecule has 1 amide bonds. The van der Waals surface area contributed by atoms with Crippen LogP contribution in [-0.4, -0.2) is 106 Å². The van der Waals surface area contributed by atoms with Crippen molar-refractivity contribution in [1.29, 1.82) is 0 Å². The third-order valence-corrected chi connectivity index (χ3v) is 11.3. The van der Waals surface area contributed by atoms with Crippen LogP contribution in [0.15, 0.2) is 23.8 Å². The number of alkyl carbamates (subject to hydrolysis) is 1. The second kappa shape index (κ2) is 26.6. The number of carbonyl (C=O) groups is 4. The fourth-order valence-corrected chi connectivity index (χ4v) is 8.16. The summed E-state index contributed by atoms with van der Waals surface area (Å²) in [4.78, 5) is 49.6. The predicted octanol–water partition coefficient (Wildman–Crippen LogP) is 6.70. The quantitative estimate of drug-likeness (QED) is 0.0372. The van der Waals surface area contributed by atoms with E-state index < -0.39 is 12.2 Å². The van der Waals surface area contributed by atoms with Crippen LogP contribution < -0.4 is 5.32 Å². The summed E-state index contributed by atoms with van der Waals surface area (Å²) in [6, 6.07) is 0. The molecular formula is C41H67NO11S2. The second-order valence-corrected chi connectivity index (χ2v) is 16.3. The van der Waals surface area contributed by atoms with Gasteiger partial charge in [-0.25, -0.2) is 4.79 Å². The zero-order valence-electron chi connectivity index (χ0n) is 33.5. The summed E-state index contributed by atoms with van der Waals surface area (Å²) in [5, 5.41) is 3.02. The van der Waals surface area contributed by atoms with Gasteiger partial charge in [0, 0.05) is 30.6 Å². The molecule has 0 bridgehead atoms. The van der Waals surface area contributed by atoms with Crippen molar-refractivity contribution in [2.45, 2.75) is 122 Å². The van der Waals surface area contributed by atoms with Crippen LogP contribution in [0.1, 0.15) is 98.3 Å². The van der Waals surface area contributed by atoms with E-state index in [9.17, 15) is 19.2 Å². The number of cyclic esters (lactones) is 1. The SMILES string of the molecule is CCC(C)C(=O)OC1CC(C)C=C2C=CC(C)C(CCC3CC(OC(=O)NCCOCCOCCOCCOC(=O)CCCCC(S)CCS)CC(=O)O3)C21. The van der Waals surface area contributed by atoms with Gasteiger partial charge in [0.2, 0.25) is 0 Å². The number of thiol groups is 2. The minimum atomic E-state index is -0.601. The highest BCUT2D eigenvalue weighted by Gasteiger charge is 2.42. The van der Waals surface area contributed by atoms with Crippen molar-refractivity contribution in [3.63, 3.8) is 0 Å². The van der Waals surface area contributed by atoms with E-state index in [1.165, 1.54) is 5.57 Å². The number of hydrogen-bond acceptors (Lipinski definition) is 13. The molecule has 3 aliphatic rings. The molecule has 9 unspecified atom stereocenters. The van der Waals surface area contributed by atoms with Crippen molar-refractivity contribution in [3.8, 4) is 0 Å². The fourth-order valence-electron chi connectivity index (χ4n) is 7.33. The Labute approximate surface area is 339 Å². The standard InChI is InChI=1S/C41H67NO11S2/c1-5-29(3)40(45)53-36-25-28(2)24-31-11-10-30(4)35(39(31)36)13-12-32-26-33(27-38(44)51-32)52-41(46)42-15-16-47-17-18-48-19-20-49-21-22-50-37(43)9-7-6-8-34(55)14-23-54/h10-11,24,28-30,32-36,39,54-55H,5-9,12-23,25-27H2,1-4H3,(H,42,46). The third kappa shape index (κ3) is 18.3. The first-order valence-corrected chi connectivity index (χ1v) is 21.6. The van der Waals surface area contributed by atoms with Gasteiger partial charge in [0.1, 0.15) is 24.9 Å². The molecule has 0 aromatic rings. The van der Waals surface area contributed by atoms with Crippen LogP contribution in [0.4, 0.5) is 4.79 Å². The van der Waals surface area contributed by atoms with E-state index in [4.69, 9.17) is 33.2 Å². The number of unbranched alkanes of at least 4 members (excludes halogenated alkanes) is 1. The number of amides is 1. The molecule has 0 saturated carbocycles. The van der Waals surface area contributed by atoms with Gasteiger partial charge in [-0.15, -0.1) is 0 Å². The molecule has 1 N–H and O–H groups in total. The maximum atomic E-state index is 12.8. The van der Waals surface area contributed by atoms with Crippen LogP contribution in [0.2, 0.25) is 0 Å². The lowest BCUT2D eigenvalue weighted by Gasteiger charge is -2.43. The number of hydrogen-bond donors (Lipinski definition) is 3. The number of esters is 3. The second-order valence-electron chi connectivity index (χ2n) is 15.1. The van der Waals surface area contributed by atoms with E-state index in [2.05, 4.69) is 62.6 Å². The van der Waals surface area contributed by atoms with Crippen molar-refractivity contribution >= 4 is 49.3 Å². The fraction of sp³-hybridized carbons (Fsp3) is 0.805. The minimum Gasteiger partial charge on any atom is -0.463 e. The maximum absolute atomic E-state index is 12.8. The van der Waals surface area contributed by atoms with E-state index >= 15 is 0 Å². The summed E-state index contributed by atoms with van der Waals surface area (Å²) >= 11 is 8.70. The first kappa shape index (κ1) is 47.1. The van der Waals surface area contributed by atoms with Gasteiger partial charge in [-0.3, -0.25) is 14.4 Å². The summed E-state index contributed by atoms with van der Waals surface area (Å²) in [5.74, 6) is 0.864. The van der Waals surface area contributed by atoms with Gasteiger partial charge in [-0.2, -0.15) is 25.3 Å². The van der Waals surface area contributed by atoms with E-state index in [1.807, 2.05) is 13.8 Å². The molecule has 9 atom stereocenters. The summed E-state index contributed by atoms with van der Waals surface area (Å²) in [6.07, 6.45) is 12.5. The lowest BCUT2D eigenvalue weighted by molar-refractivity contribution is -0.162. The van der Waals surface area contributed by atoms with E-state index in [1.54, 1.807) is 0 Å². The van der Waals surface area contributed by atoms with Crippen molar-refractivity contribution < 1.29 is 52.3 Å². The third-order valence-electron chi connectivity index (χ3n) is 10.6. The molecule has 1 aliphatic heterocycles. The number of rotatable bonds is 26. The van der Waals surface area contributed by atoms with Crippen LogP contribution in [0.25, 0.3) is 0 Å². The lowest BCUT2D eigenvalue weighted by atomic mass is 9.65. The Balaban J connectivity index is 1.24. The van der Waals surface area contributed by atoms with Gasteiger partial charge in [-0.1, -0.05) is 52.3 Å². The van der Waals surface area contributed by atoms with Crippen molar-refractivity contribution in [1.82, 2.24) is 5.32 Å². The molecule has 2 aliphatic carbocycles. The topological polar surface area (TPSA) is 145 Å². The number of fused-ring (bicyclic) bond motifs is 1. The first-order valence-electron chi connectivity index (χ1n) is 20.4. The maximum Gasteiger partial charge on any atom is 0.407 e. The molecule has 314 valence electrons. The Bertz CT molecular complexity index is 1230. The molecule has 1 heterocycles. The number of allylic oxidation sites excluding steroid dienone is 3. The van der Waals surface area contributed by atoms with Crippen LogP contribution >= 0.6 is 25.3 Å². The molecule has 0 radical (unpaired) electrons. The lowest BCUT2D eigenvalue weighted by Crippen LogP contribution is -2.42. The highest BCUT2D eigenvalue weighted by molar-refractivity contribution is 7.81. The number of nitrogens with one attached hydrogen (secondary N) is 1. The van der Waals surface area contributed by atoms with Gasteiger partial charge in [0.25, 0.3) is 0 Å². The Morgan fingerprint density at radius 2 is 1.65 bits per heavy atom. The summed E-state index contributed by atoms with van der Waals surface area (Å²) in [7, 11) is 0. The van der Waals surface area contributed by atoms with E-state index in [-0.39, 0.29) is 80.0 Å². The highest BCUT2D eigenvalue weighted by Crippen LogP contribution is 2.45. The van der Waals surface area contributed by atoms with Gasteiger partial charge in [-0.05, 0) is 74.0 Å². The Morgan fingerprint density at radius 3 is 2.36 bits per heavy atom. The van der Waals surface area contributed by atoms with E-state index in [0.717, 1.165) is 50.7 Å². The first-order chi connectivity index (χ1) is 26.5. The zero-order chi connectivity index (χ0) is 40.0. The Morgan fingerprint density at radius 1 is 0.945 bits per heavy atom. The molecule has 12 nitrogen and oxygen atoms in total. The molecule has 0 aromatic carbocycles. The normalized spacial score (nSPS) is 25.9. The Hall–Kier alpha value is -2.26. The van der Waals surface area contributed by atoms with Gasteiger partial charge >= 0.3 is 24.0 Å². The highest BCUT2D eigenvalue weighted by atomic mass is 32.1. The zero-order valence-corrected chi connectivity index (χ0v) is 35.2. The molecule has 1 saturated heterocycles. The summed E-state index contributed by atoms with van der Waals surface area (Å²) < 4.78 is 39.1. The molecular weight excluding hydrogens is 747 g/mol. The minimum absolute atomic E-state index is 0.0188. The van der Waals surface area contributed by atoms with E-state index in [0.29, 0.717) is 63.5 Å². The largest absolute Gasteiger partial charge is 0.463 e. The van der Waals surface area contributed by atoms with Crippen molar-refractivity contribution in [3.05, 3.63) is 23.8 Å². The predicted molar refractivity (Wildman–Crippen MR) is 216 cm³/mol. The van der Waals surface area contributed by atoms with Crippen molar-refractivity contribution in [2.24, 2.45) is 29.6 Å². The van der Waals surface area contributed by atoms with Crippen LogP contribution in [-0.2, 0) is 47.5 Å². The van der Waals surface area contributed by atoms with Crippen LogP contribution in [0.5, 0.6) is 0 Å².